The van der Waals surface area contributed by atoms with E-state index in [9.17, 15) is 15.0 Å². The molecule has 0 fully saturated rings. The lowest BCUT2D eigenvalue weighted by atomic mass is 10.0. The van der Waals surface area contributed by atoms with E-state index in [4.69, 9.17) is 11.6 Å². The number of carbonyl (C=O) groups excluding carboxylic acids is 1. The van der Waals surface area contributed by atoms with Crippen molar-refractivity contribution >= 4 is 17.6 Å². The van der Waals surface area contributed by atoms with E-state index in [1.807, 2.05) is 6.92 Å². The standard InChI is InChI=1S/C12H15ClO4/c1-7-3-4-8(9(13)5-7)12(16)10(14)6-11(15)17-2/h3-5,10,12,14,16H,6H2,1-2H3. The number of esters is 1. The lowest BCUT2D eigenvalue weighted by molar-refractivity contribution is -0.144. The minimum absolute atomic E-state index is 0.276. The largest absolute Gasteiger partial charge is 0.469 e. The van der Waals surface area contributed by atoms with Crippen LogP contribution in [0, 0.1) is 6.92 Å². The van der Waals surface area contributed by atoms with Gasteiger partial charge in [-0.05, 0) is 18.6 Å². The van der Waals surface area contributed by atoms with Crippen molar-refractivity contribution in [2.45, 2.75) is 25.6 Å². The molecule has 0 aliphatic carbocycles. The van der Waals surface area contributed by atoms with Gasteiger partial charge in [-0.25, -0.2) is 0 Å². The molecule has 0 heterocycles. The lowest BCUT2D eigenvalue weighted by Gasteiger charge is -2.18. The van der Waals surface area contributed by atoms with Crippen LogP contribution in [0.15, 0.2) is 18.2 Å². The van der Waals surface area contributed by atoms with Gasteiger partial charge in [-0.1, -0.05) is 23.7 Å². The van der Waals surface area contributed by atoms with Gasteiger partial charge < -0.3 is 14.9 Å². The predicted molar refractivity (Wildman–Crippen MR) is 63.8 cm³/mol. The molecule has 1 rings (SSSR count). The number of ether oxygens (including phenoxy) is 1. The summed E-state index contributed by atoms with van der Waals surface area (Å²) in [7, 11) is 1.22. The molecular formula is C12H15ClO4. The van der Waals surface area contributed by atoms with Gasteiger partial charge in [-0.15, -0.1) is 0 Å². The second-order valence-electron chi connectivity index (χ2n) is 3.82. The van der Waals surface area contributed by atoms with Crippen LogP contribution in [0.5, 0.6) is 0 Å². The normalized spacial score (nSPS) is 14.2. The summed E-state index contributed by atoms with van der Waals surface area (Å²) in [5.74, 6) is -0.584. The molecule has 0 spiro atoms. The van der Waals surface area contributed by atoms with Crippen LogP contribution in [0.1, 0.15) is 23.7 Å². The lowest BCUT2D eigenvalue weighted by Crippen LogP contribution is -2.22. The number of aliphatic hydroxyl groups excluding tert-OH is 2. The van der Waals surface area contributed by atoms with Crippen molar-refractivity contribution in [2.75, 3.05) is 7.11 Å². The zero-order valence-corrected chi connectivity index (χ0v) is 10.4. The Kier molecular flexibility index (Phi) is 4.93. The first-order chi connectivity index (χ1) is 7.95. The molecule has 0 aliphatic rings. The molecule has 0 saturated carbocycles. The highest BCUT2D eigenvalue weighted by molar-refractivity contribution is 6.31. The molecule has 0 aromatic heterocycles. The van der Waals surface area contributed by atoms with Crippen LogP contribution in [0.4, 0.5) is 0 Å². The summed E-state index contributed by atoms with van der Waals surface area (Å²) in [6.07, 6.45) is -2.72. The van der Waals surface area contributed by atoms with E-state index in [2.05, 4.69) is 4.74 Å². The Balaban J connectivity index is 2.81. The topological polar surface area (TPSA) is 66.8 Å². The van der Waals surface area contributed by atoms with Gasteiger partial charge in [0.25, 0.3) is 0 Å². The summed E-state index contributed by atoms with van der Waals surface area (Å²) < 4.78 is 4.41. The molecule has 17 heavy (non-hydrogen) atoms. The average molecular weight is 259 g/mol. The molecule has 0 radical (unpaired) electrons. The van der Waals surface area contributed by atoms with Crippen molar-refractivity contribution in [3.8, 4) is 0 Å². The monoisotopic (exact) mass is 258 g/mol. The molecule has 0 bridgehead atoms. The van der Waals surface area contributed by atoms with Crippen molar-refractivity contribution < 1.29 is 19.7 Å². The van der Waals surface area contributed by atoms with E-state index in [0.717, 1.165) is 5.56 Å². The number of benzene rings is 1. The van der Waals surface area contributed by atoms with Gasteiger partial charge in [0, 0.05) is 10.6 Å². The number of hydrogen-bond donors (Lipinski definition) is 2. The maximum Gasteiger partial charge on any atom is 0.308 e. The third-order valence-corrected chi connectivity index (χ3v) is 2.77. The summed E-state index contributed by atoms with van der Waals surface area (Å²) in [5, 5.41) is 19.9. The van der Waals surface area contributed by atoms with Crippen LogP contribution in [0.25, 0.3) is 0 Å². The zero-order valence-electron chi connectivity index (χ0n) is 9.68. The van der Waals surface area contributed by atoms with Gasteiger partial charge >= 0.3 is 5.97 Å². The van der Waals surface area contributed by atoms with Crippen LogP contribution in [-0.2, 0) is 9.53 Å². The van der Waals surface area contributed by atoms with Crippen LogP contribution in [0.2, 0.25) is 5.02 Å². The summed E-state index contributed by atoms with van der Waals surface area (Å²) in [6, 6.07) is 5.09. The predicted octanol–water partition coefficient (Wildman–Crippen LogP) is 1.61. The third-order valence-electron chi connectivity index (χ3n) is 2.44. The molecule has 2 atom stereocenters. The Hall–Kier alpha value is -1.10. The Labute approximate surface area is 105 Å². The molecule has 94 valence electrons. The SMILES string of the molecule is COC(=O)CC(O)C(O)c1ccc(C)cc1Cl. The second-order valence-corrected chi connectivity index (χ2v) is 4.22. The highest BCUT2D eigenvalue weighted by Crippen LogP contribution is 2.27. The van der Waals surface area contributed by atoms with E-state index in [1.165, 1.54) is 7.11 Å². The first-order valence-corrected chi connectivity index (χ1v) is 5.52. The van der Waals surface area contributed by atoms with Crippen molar-refractivity contribution in [3.63, 3.8) is 0 Å². The molecule has 1 aromatic carbocycles. The molecule has 5 heteroatoms. The first kappa shape index (κ1) is 14.0. The zero-order chi connectivity index (χ0) is 13.0. The molecule has 0 aliphatic heterocycles. The van der Waals surface area contributed by atoms with Crippen molar-refractivity contribution in [1.82, 2.24) is 0 Å². The van der Waals surface area contributed by atoms with Crippen molar-refractivity contribution in [3.05, 3.63) is 34.3 Å². The van der Waals surface area contributed by atoms with Gasteiger partial charge in [-0.2, -0.15) is 0 Å². The maximum atomic E-state index is 11.0. The van der Waals surface area contributed by atoms with Gasteiger partial charge in [0.15, 0.2) is 0 Å². The quantitative estimate of drug-likeness (QED) is 0.805. The van der Waals surface area contributed by atoms with Gasteiger partial charge in [0.2, 0.25) is 0 Å². The highest BCUT2D eigenvalue weighted by Gasteiger charge is 2.23. The summed E-state index contributed by atoms with van der Waals surface area (Å²) in [5.41, 5.74) is 1.35. The maximum absolute atomic E-state index is 11.0. The highest BCUT2D eigenvalue weighted by atomic mass is 35.5. The smallest absolute Gasteiger partial charge is 0.308 e. The first-order valence-electron chi connectivity index (χ1n) is 5.14. The molecule has 2 N–H and O–H groups in total. The van der Waals surface area contributed by atoms with E-state index >= 15 is 0 Å². The van der Waals surface area contributed by atoms with Gasteiger partial charge in [0.05, 0.1) is 19.6 Å². The van der Waals surface area contributed by atoms with Gasteiger partial charge in [0.1, 0.15) is 6.10 Å². The Morgan fingerprint density at radius 1 is 1.47 bits per heavy atom. The fourth-order valence-corrected chi connectivity index (χ4v) is 1.79. The van der Waals surface area contributed by atoms with E-state index in [1.54, 1.807) is 18.2 Å². The third kappa shape index (κ3) is 3.70. The number of rotatable bonds is 4. The molecule has 2 unspecified atom stereocenters. The van der Waals surface area contributed by atoms with Crippen LogP contribution < -0.4 is 0 Å². The van der Waals surface area contributed by atoms with Crippen LogP contribution in [0.3, 0.4) is 0 Å². The number of aliphatic hydroxyl groups is 2. The fraction of sp³-hybridized carbons (Fsp3) is 0.417. The van der Waals surface area contributed by atoms with E-state index in [0.29, 0.717) is 10.6 Å². The molecular weight excluding hydrogens is 244 g/mol. The average Bonchev–Trinajstić information content (AvgIpc) is 2.28. The number of hydrogen-bond acceptors (Lipinski definition) is 4. The summed E-state index contributed by atoms with van der Waals surface area (Å²) in [4.78, 5) is 11.0. The Morgan fingerprint density at radius 3 is 2.65 bits per heavy atom. The molecule has 4 nitrogen and oxygen atoms in total. The summed E-state index contributed by atoms with van der Waals surface area (Å²) in [6.45, 7) is 1.87. The van der Waals surface area contributed by atoms with Crippen molar-refractivity contribution in [2.24, 2.45) is 0 Å². The van der Waals surface area contributed by atoms with E-state index in [-0.39, 0.29) is 6.42 Å². The second kappa shape index (κ2) is 6.00. The number of methoxy groups -OCH3 is 1. The molecule has 1 aromatic rings. The molecule has 0 amide bonds. The number of aryl methyl sites for hydroxylation is 1. The Bertz CT molecular complexity index is 405. The molecule has 0 saturated heterocycles. The Morgan fingerprint density at radius 2 is 2.12 bits per heavy atom. The van der Waals surface area contributed by atoms with Crippen molar-refractivity contribution in [1.29, 1.82) is 0 Å². The van der Waals surface area contributed by atoms with Gasteiger partial charge in [-0.3, -0.25) is 4.79 Å². The van der Waals surface area contributed by atoms with Crippen LogP contribution >= 0.6 is 11.6 Å². The fourth-order valence-electron chi connectivity index (χ4n) is 1.45. The van der Waals surface area contributed by atoms with E-state index < -0.39 is 18.2 Å². The number of carbonyl (C=O) groups is 1. The summed E-state index contributed by atoms with van der Waals surface area (Å²) >= 11 is 5.95. The van der Waals surface area contributed by atoms with Crippen LogP contribution in [-0.4, -0.2) is 29.4 Å². The minimum atomic E-state index is -1.23. The minimum Gasteiger partial charge on any atom is -0.469 e. The number of halogens is 1.